The molecule has 0 fully saturated rings. The summed E-state index contributed by atoms with van der Waals surface area (Å²) in [4.78, 5) is 4.26. The van der Waals surface area contributed by atoms with E-state index in [0.717, 1.165) is 6.42 Å². The van der Waals surface area contributed by atoms with Crippen LogP contribution >= 0.6 is 22.7 Å². The summed E-state index contributed by atoms with van der Waals surface area (Å²) in [5, 5.41) is 5.53. The predicted octanol–water partition coefficient (Wildman–Crippen LogP) is 3.62. The van der Waals surface area contributed by atoms with E-state index in [9.17, 15) is 0 Å². The van der Waals surface area contributed by atoms with Crippen LogP contribution in [0.3, 0.4) is 0 Å². The monoisotopic (exact) mass is 237 g/mol. The Labute approximate surface area is 98.8 Å². The Morgan fingerprint density at radius 1 is 1.33 bits per heavy atom. The Kier molecular flexibility index (Phi) is 3.57. The highest BCUT2D eigenvalue weighted by molar-refractivity contribution is 7.12. The number of aryl methyl sites for hydroxylation is 1. The van der Waals surface area contributed by atoms with Crippen LogP contribution in [0.2, 0.25) is 0 Å². The zero-order valence-corrected chi connectivity index (χ0v) is 10.6. The van der Waals surface area contributed by atoms with Gasteiger partial charge in [-0.05, 0) is 37.6 Å². The maximum absolute atomic E-state index is 3.39. The van der Waals surface area contributed by atoms with E-state index >= 15 is 0 Å². The van der Waals surface area contributed by atoms with Gasteiger partial charge in [0.1, 0.15) is 0 Å². The first-order valence-electron chi connectivity index (χ1n) is 5.05. The van der Waals surface area contributed by atoms with Gasteiger partial charge in [-0.25, -0.2) is 0 Å². The second-order valence-corrected chi connectivity index (χ2v) is 5.92. The van der Waals surface area contributed by atoms with Gasteiger partial charge in [-0.15, -0.1) is 22.7 Å². The van der Waals surface area contributed by atoms with Crippen molar-refractivity contribution in [1.29, 1.82) is 0 Å². The van der Waals surface area contributed by atoms with Crippen LogP contribution in [0.1, 0.15) is 20.7 Å². The first-order valence-corrected chi connectivity index (χ1v) is 6.75. The standard InChI is InChI=1S/C12H15NS2/c1-9-5-6-12(15-9)11(13-2)8-10-4-3-7-14-10/h3-7,11,13H,8H2,1-2H3. The molecule has 3 heteroatoms. The fourth-order valence-electron chi connectivity index (χ4n) is 1.62. The van der Waals surface area contributed by atoms with Gasteiger partial charge in [0.15, 0.2) is 0 Å². The van der Waals surface area contributed by atoms with Crippen LogP contribution < -0.4 is 5.32 Å². The van der Waals surface area contributed by atoms with Crippen molar-refractivity contribution in [3.8, 4) is 0 Å². The highest BCUT2D eigenvalue weighted by Gasteiger charge is 2.12. The number of likely N-dealkylation sites (N-methyl/N-ethyl adjacent to an activating group) is 1. The normalized spacial score (nSPS) is 12.9. The van der Waals surface area contributed by atoms with Crippen LogP contribution in [0.5, 0.6) is 0 Å². The molecule has 0 bridgehead atoms. The lowest BCUT2D eigenvalue weighted by Crippen LogP contribution is -2.17. The van der Waals surface area contributed by atoms with E-state index < -0.39 is 0 Å². The van der Waals surface area contributed by atoms with Crippen LogP contribution in [0.4, 0.5) is 0 Å². The number of nitrogens with one attached hydrogen (secondary N) is 1. The Bertz CT molecular complexity index is 403. The maximum Gasteiger partial charge on any atom is 0.0461 e. The molecule has 1 nitrogen and oxygen atoms in total. The zero-order valence-electron chi connectivity index (χ0n) is 8.99. The summed E-state index contributed by atoms with van der Waals surface area (Å²) in [6.07, 6.45) is 1.09. The van der Waals surface area contributed by atoms with E-state index in [1.165, 1.54) is 14.6 Å². The summed E-state index contributed by atoms with van der Waals surface area (Å²) in [6, 6.07) is 9.21. The molecule has 0 amide bonds. The maximum atomic E-state index is 3.39. The lowest BCUT2D eigenvalue weighted by atomic mass is 10.1. The van der Waals surface area contributed by atoms with E-state index in [2.05, 4.69) is 41.9 Å². The zero-order chi connectivity index (χ0) is 10.7. The Hall–Kier alpha value is -0.640. The Morgan fingerprint density at radius 2 is 2.20 bits per heavy atom. The molecule has 1 N–H and O–H groups in total. The number of rotatable bonds is 4. The van der Waals surface area contributed by atoms with E-state index in [-0.39, 0.29) is 0 Å². The molecule has 0 aliphatic rings. The molecule has 0 aromatic carbocycles. The average molecular weight is 237 g/mol. The lowest BCUT2D eigenvalue weighted by Gasteiger charge is -2.13. The summed E-state index contributed by atoms with van der Waals surface area (Å²) >= 11 is 3.72. The van der Waals surface area contributed by atoms with Gasteiger partial charge in [-0.2, -0.15) is 0 Å². The quantitative estimate of drug-likeness (QED) is 0.856. The molecule has 0 saturated heterocycles. The topological polar surface area (TPSA) is 12.0 Å². The van der Waals surface area contributed by atoms with Gasteiger partial charge in [-0.1, -0.05) is 6.07 Å². The SMILES string of the molecule is CNC(Cc1cccs1)c1ccc(C)s1. The molecule has 2 aromatic heterocycles. The number of hydrogen-bond acceptors (Lipinski definition) is 3. The van der Waals surface area contributed by atoms with E-state index in [0.29, 0.717) is 6.04 Å². The van der Waals surface area contributed by atoms with Gasteiger partial charge in [0.25, 0.3) is 0 Å². The molecule has 1 atom stereocenters. The molecule has 80 valence electrons. The highest BCUT2D eigenvalue weighted by Crippen LogP contribution is 2.26. The molecule has 2 rings (SSSR count). The summed E-state index contributed by atoms with van der Waals surface area (Å²) in [5.41, 5.74) is 0. The van der Waals surface area contributed by atoms with Gasteiger partial charge in [-0.3, -0.25) is 0 Å². The third-order valence-electron chi connectivity index (χ3n) is 2.44. The molecular weight excluding hydrogens is 222 g/mol. The minimum absolute atomic E-state index is 0.461. The van der Waals surface area contributed by atoms with Crippen molar-refractivity contribution in [2.75, 3.05) is 7.05 Å². The molecule has 0 radical (unpaired) electrons. The molecule has 0 aliphatic heterocycles. The summed E-state index contributed by atoms with van der Waals surface area (Å²) in [6.45, 7) is 2.16. The second-order valence-electron chi connectivity index (χ2n) is 3.57. The molecule has 0 saturated carbocycles. The molecule has 1 unspecified atom stereocenters. The first-order chi connectivity index (χ1) is 7.29. The third kappa shape index (κ3) is 2.68. The fourth-order valence-corrected chi connectivity index (χ4v) is 3.35. The summed E-state index contributed by atoms with van der Waals surface area (Å²) in [7, 11) is 2.04. The predicted molar refractivity (Wildman–Crippen MR) is 68.9 cm³/mol. The highest BCUT2D eigenvalue weighted by atomic mass is 32.1. The van der Waals surface area contributed by atoms with E-state index in [4.69, 9.17) is 0 Å². The van der Waals surface area contributed by atoms with Crippen molar-refractivity contribution in [3.05, 3.63) is 44.3 Å². The van der Waals surface area contributed by atoms with Gasteiger partial charge in [0, 0.05) is 27.1 Å². The molecule has 2 heterocycles. The second kappa shape index (κ2) is 4.92. The molecule has 15 heavy (non-hydrogen) atoms. The van der Waals surface area contributed by atoms with Crippen molar-refractivity contribution in [2.45, 2.75) is 19.4 Å². The van der Waals surface area contributed by atoms with Crippen LogP contribution in [0.15, 0.2) is 29.6 Å². The van der Waals surface area contributed by atoms with E-state index in [1.54, 1.807) is 0 Å². The van der Waals surface area contributed by atoms with Crippen LogP contribution in [0.25, 0.3) is 0 Å². The van der Waals surface area contributed by atoms with Gasteiger partial charge < -0.3 is 5.32 Å². The molecule has 0 spiro atoms. The van der Waals surface area contributed by atoms with Crippen molar-refractivity contribution >= 4 is 22.7 Å². The number of hydrogen-bond donors (Lipinski definition) is 1. The van der Waals surface area contributed by atoms with E-state index in [1.807, 2.05) is 29.7 Å². The lowest BCUT2D eigenvalue weighted by molar-refractivity contribution is 0.607. The minimum Gasteiger partial charge on any atom is -0.312 e. The van der Waals surface area contributed by atoms with Crippen LogP contribution in [0, 0.1) is 6.92 Å². The fraction of sp³-hybridized carbons (Fsp3) is 0.333. The largest absolute Gasteiger partial charge is 0.312 e. The third-order valence-corrected chi connectivity index (χ3v) is 4.45. The van der Waals surface area contributed by atoms with Gasteiger partial charge in [0.05, 0.1) is 0 Å². The van der Waals surface area contributed by atoms with Gasteiger partial charge in [0.2, 0.25) is 0 Å². The molecule has 2 aromatic rings. The van der Waals surface area contributed by atoms with Crippen molar-refractivity contribution in [3.63, 3.8) is 0 Å². The van der Waals surface area contributed by atoms with Crippen molar-refractivity contribution in [2.24, 2.45) is 0 Å². The first kappa shape index (κ1) is 10.9. The molecular formula is C12H15NS2. The Balaban J connectivity index is 2.11. The smallest absolute Gasteiger partial charge is 0.0461 e. The number of thiophene rings is 2. The summed E-state index contributed by atoms with van der Waals surface area (Å²) in [5.74, 6) is 0. The van der Waals surface area contributed by atoms with Crippen LogP contribution in [-0.2, 0) is 6.42 Å². The molecule has 0 aliphatic carbocycles. The average Bonchev–Trinajstić information content (AvgIpc) is 2.85. The van der Waals surface area contributed by atoms with Crippen molar-refractivity contribution < 1.29 is 0 Å². The minimum atomic E-state index is 0.461. The van der Waals surface area contributed by atoms with Gasteiger partial charge >= 0.3 is 0 Å². The van der Waals surface area contributed by atoms with Crippen LogP contribution in [-0.4, -0.2) is 7.05 Å². The summed E-state index contributed by atoms with van der Waals surface area (Å²) < 4.78 is 0. The van der Waals surface area contributed by atoms with Crippen molar-refractivity contribution in [1.82, 2.24) is 5.32 Å². The Morgan fingerprint density at radius 3 is 2.73 bits per heavy atom.